The zero-order valence-corrected chi connectivity index (χ0v) is 22.9. The molecule has 2 amide bonds. The Balaban J connectivity index is 0.000000158. The van der Waals surface area contributed by atoms with E-state index in [1.54, 1.807) is 38.6 Å². The topological polar surface area (TPSA) is 92.8 Å². The second-order valence-electron chi connectivity index (χ2n) is 8.65. The Kier molecular flexibility index (Phi) is 7.51. The highest BCUT2D eigenvalue weighted by atomic mass is 79.9. The summed E-state index contributed by atoms with van der Waals surface area (Å²) >= 11 is 3.44. The number of carbonyl (C=O) groups excluding carboxylic acids is 2. The third kappa shape index (κ3) is 5.58. The fourth-order valence-corrected chi connectivity index (χ4v) is 4.59. The fraction of sp³-hybridized carbons (Fsp3) is 0.0667. The van der Waals surface area contributed by atoms with Crippen LogP contribution < -0.4 is 10.6 Å². The van der Waals surface area contributed by atoms with E-state index in [1.165, 1.54) is 0 Å². The second kappa shape index (κ2) is 11.3. The van der Waals surface area contributed by atoms with Crippen molar-refractivity contribution in [1.29, 1.82) is 0 Å². The van der Waals surface area contributed by atoms with Crippen molar-refractivity contribution >= 4 is 39.0 Å². The van der Waals surface area contributed by atoms with Gasteiger partial charge in [-0.1, -0.05) is 24.3 Å². The Hall–Kier alpha value is -4.76. The third-order valence-electron chi connectivity index (χ3n) is 6.24. The second-order valence-corrected chi connectivity index (χ2v) is 9.47. The van der Waals surface area contributed by atoms with E-state index < -0.39 is 0 Å². The van der Waals surface area contributed by atoms with Gasteiger partial charge in [0.15, 0.2) is 0 Å². The van der Waals surface area contributed by atoms with Gasteiger partial charge in [0.1, 0.15) is 15.9 Å². The average Bonchev–Trinajstić information content (AvgIpc) is 3.62. The number of rotatable bonds is 4. The molecule has 6 aromatic rings. The van der Waals surface area contributed by atoms with Crippen LogP contribution in [0.15, 0.2) is 108 Å². The van der Waals surface area contributed by atoms with Gasteiger partial charge in [-0.3, -0.25) is 14.0 Å². The van der Waals surface area contributed by atoms with Gasteiger partial charge in [0.2, 0.25) is 0 Å². The molecule has 39 heavy (non-hydrogen) atoms. The highest BCUT2D eigenvalue weighted by Gasteiger charge is 2.08. The van der Waals surface area contributed by atoms with Crippen molar-refractivity contribution in [2.24, 2.45) is 0 Å². The predicted octanol–water partition coefficient (Wildman–Crippen LogP) is 5.48. The summed E-state index contributed by atoms with van der Waals surface area (Å²) in [7, 11) is 3.26. The molecule has 0 aliphatic rings. The smallest absolute Gasteiger partial charge is 0.251 e. The normalized spacial score (nSPS) is 10.6. The number of aromatic nitrogens is 4. The lowest BCUT2D eigenvalue weighted by Crippen LogP contribution is -2.17. The van der Waals surface area contributed by atoms with Gasteiger partial charge in [-0.05, 0) is 86.7 Å². The van der Waals surface area contributed by atoms with E-state index in [1.807, 2.05) is 88.1 Å². The van der Waals surface area contributed by atoms with E-state index in [4.69, 9.17) is 0 Å². The third-order valence-corrected chi connectivity index (χ3v) is 6.82. The minimum atomic E-state index is -0.0866. The Morgan fingerprint density at radius 1 is 0.692 bits per heavy atom. The number of hydrogen-bond acceptors (Lipinski definition) is 4. The zero-order valence-electron chi connectivity index (χ0n) is 21.3. The first kappa shape index (κ1) is 25.9. The van der Waals surface area contributed by atoms with E-state index in [2.05, 4.69) is 36.5 Å². The van der Waals surface area contributed by atoms with E-state index in [-0.39, 0.29) is 11.8 Å². The average molecular weight is 581 g/mol. The Morgan fingerprint density at radius 3 is 1.87 bits per heavy atom. The molecular weight excluding hydrogens is 556 g/mol. The summed E-state index contributed by atoms with van der Waals surface area (Å²) in [4.78, 5) is 31.9. The first-order valence-electron chi connectivity index (χ1n) is 12.2. The molecule has 0 spiro atoms. The molecule has 8 nitrogen and oxygen atoms in total. The first-order chi connectivity index (χ1) is 19.0. The molecule has 2 aromatic carbocycles. The molecule has 0 atom stereocenters. The number of nitrogens with zero attached hydrogens (tertiary/aromatic N) is 4. The maximum Gasteiger partial charge on any atom is 0.251 e. The highest BCUT2D eigenvalue weighted by molar-refractivity contribution is 9.10. The minimum absolute atomic E-state index is 0.0799. The summed E-state index contributed by atoms with van der Waals surface area (Å²) in [5.41, 5.74) is 7.13. The maximum atomic E-state index is 11.7. The van der Waals surface area contributed by atoms with Crippen molar-refractivity contribution in [1.82, 2.24) is 29.4 Å². The Bertz CT molecular complexity index is 1810. The summed E-state index contributed by atoms with van der Waals surface area (Å²) in [6.07, 6.45) is 9.35. The SMILES string of the molecule is CNC(=O)c1cccc(-c2ccn3c(Br)cnc3c2)c1.CNC(=O)c1cccc(-c2ccn3ccnc3c2)c1. The van der Waals surface area contributed by atoms with Crippen LogP contribution in [0.3, 0.4) is 0 Å². The van der Waals surface area contributed by atoms with Gasteiger partial charge in [-0.15, -0.1) is 0 Å². The number of hydrogen-bond donors (Lipinski definition) is 2. The van der Waals surface area contributed by atoms with Gasteiger partial charge in [-0.2, -0.15) is 0 Å². The Labute approximate surface area is 233 Å². The van der Waals surface area contributed by atoms with Crippen molar-refractivity contribution in [2.45, 2.75) is 0 Å². The number of fused-ring (bicyclic) bond motifs is 2. The van der Waals surface area contributed by atoms with Gasteiger partial charge >= 0.3 is 0 Å². The monoisotopic (exact) mass is 580 g/mol. The summed E-state index contributed by atoms with van der Waals surface area (Å²) in [5.74, 6) is -0.166. The summed E-state index contributed by atoms with van der Waals surface area (Å²) in [5, 5.41) is 5.26. The van der Waals surface area contributed by atoms with Crippen LogP contribution in [-0.2, 0) is 0 Å². The van der Waals surface area contributed by atoms with Crippen LogP contribution in [0.25, 0.3) is 33.5 Å². The van der Waals surface area contributed by atoms with Crippen LogP contribution in [0.5, 0.6) is 0 Å². The van der Waals surface area contributed by atoms with Gasteiger partial charge in [0, 0.05) is 50.0 Å². The fourth-order valence-electron chi connectivity index (χ4n) is 4.19. The molecule has 0 fully saturated rings. The molecule has 4 aromatic heterocycles. The van der Waals surface area contributed by atoms with E-state index in [0.29, 0.717) is 11.1 Å². The highest BCUT2D eigenvalue weighted by Crippen LogP contribution is 2.24. The van der Waals surface area contributed by atoms with Gasteiger partial charge < -0.3 is 15.0 Å². The lowest BCUT2D eigenvalue weighted by atomic mass is 10.0. The van der Waals surface area contributed by atoms with Crippen LogP contribution in [0.4, 0.5) is 0 Å². The van der Waals surface area contributed by atoms with E-state index in [9.17, 15) is 9.59 Å². The van der Waals surface area contributed by atoms with Crippen LogP contribution in [0.2, 0.25) is 0 Å². The van der Waals surface area contributed by atoms with Crippen LogP contribution >= 0.6 is 15.9 Å². The van der Waals surface area contributed by atoms with Gasteiger partial charge in [0.25, 0.3) is 11.8 Å². The first-order valence-corrected chi connectivity index (χ1v) is 13.0. The molecule has 2 N–H and O–H groups in total. The Morgan fingerprint density at radius 2 is 1.26 bits per heavy atom. The number of nitrogens with one attached hydrogen (secondary N) is 2. The number of carbonyl (C=O) groups is 2. The van der Waals surface area contributed by atoms with Gasteiger partial charge in [0.05, 0.1) is 6.20 Å². The molecule has 0 saturated heterocycles. The van der Waals surface area contributed by atoms with Crippen molar-refractivity contribution in [2.75, 3.05) is 14.1 Å². The minimum Gasteiger partial charge on any atom is -0.355 e. The van der Waals surface area contributed by atoms with Crippen molar-refractivity contribution in [3.63, 3.8) is 0 Å². The summed E-state index contributed by atoms with van der Waals surface area (Å²) < 4.78 is 4.82. The van der Waals surface area contributed by atoms with Crippen LogP contribution in [-0.4, -0.2) is 44.7 Å². The van der Waals surface area contributed by atoms with E-state index in [0.717, 1.165) is 38.2 Å². The number of halogens is 1. The summed E-state index contributed by atoms with van der Waals surface area (Å²) in [6, 6.07) is 23.1. The van der Waals surface area contributed by atoms with Gasteiger partial charge in [-0.25, -0.2) is 9.97 Å². The molecule has 0 aliphatic carbocycles. The molecule has 0 radical (unpaired) electrons. The quantitative estimate of drug-likeness (QED) is 0.288. The molecule has 0 saturated carbocycles. The molecule has 9 heteroatoms. The molecule has 4 heterocycles. The van der Waals surface area contributed by atoms with Crippen molar-refractivity contribution in [3.05, 3.63) is 120 Å². The van der Waals surface area contributed by atoms with E-state index >= 15 is 0 Å². The predicted molar refractivity (Wildman–Crippen MR) is 156 cm³/mol. The number of pyridine rings is 2. The molecule has 0 unspecified atom stereocenters. The van der Waals surface area contributed by atoms with Crippen molar-refractivity contribution < 1.29 is 9.59 Å². The lowest BCUT2D eigenvalue weighted by molar-refractivity contribution is 0.0955. The zero-order chi connectivity index (χ0) is 27.4. The van der Waals surface area contributed by atoms with Crippen LogP contribution in [0, 0.1) is 0 Å². The van der Waals surface area contributed by atoms with Crippen molar-refractivity contribution in [3.8, 4) is 22.3 Å². The van der Waals surface area contributed by atoms with Crippen LogP contribution in [0.1, 0.15) is 20.7 Å². The maximum absolute atomic E-state index is 11.7. The number of benzene rings is 2. The number of imidazole rings is 2. The largest absolute Gasteiger partial charge is 0.355 e. The number of amides is 2. The molecule has 0 aliphatic heterocycles. The summed E-state index contributed by atoms with van der Waals surface area (Å²) in [6.45, 7) is 0. The molecule has 0 bridgehead atoms. The lowest BCUT2D eigenvalue weighted by Gasteiger charge is -2.05. The molecular formula is C30H25BrN6O2. The molecule has 6 rings (SSSR count). The molecule has 194 valence electrons. The standard InChI is InChI=1S/C15H12BrN3O.C15H13N3O/c1-17-15(20)12-4-2-3-10(7-12)11-5-6-19-13(16)9-18-14(19)8-11;1-16-15(19)13-4-2-3-11(9-13)12-5-7-18-8-6-17-14(18)10-12/h2-9H,1H3,(H,17,20);2-10H,1H3,(H,16,19).